The smallest absolute Gasteiger partial charge is 0.406 e. The highest BCUT2D eigenvalue weighted by atomic mass is 19.4. The monoisotopic (exact) mass is 363 g/mol. The van der Waals surface area contributed by atoms with Crippen LogP contribution in [0.5, 0.6) is 5.75 Å². The van der Waals surface area contributed by atoms with Gasteiger partial charge in [-0.2, -0.15) is 5.10 Å². The maximum atomic E-state index is 13.2. The van der Waals surface area contributed by atoms with Crippen LogP contribution in [0.1, 0.15) is 5.56 Å². The van der Waals surface area contributed by atoms with Gasteiger partial charge >= 0.3 is 6.36 Å². The summed E-state index contributed by atoms with van der Waals surface area (Å²) in [6.45, 7) is 0.733. The summed E-state index contributed by atoms with van der Waals surface area (Å²) in [7, 11) is 0. The number of alkyl halides is 3. The van der Waals surface area contributed by atoms with E-state index in [1.54, 1.807) is 16.8 Å². The minimum atomic E-state index is -4.73. The Hall–Kier alpha value is -3.03. The number of hydrogen-bond donors (Lipinski definition) is 1. The number of nitrogens with one attached hydrogen (secondary N) is 1. The molecule has 0 spiro atoms. The van der Waals surface area contributed by atoms with Crippen LogP contribution in [0, 0.1) is 5.82 Å². The van der Waals surface area contributed by atoms with Crippen LogP contribution in [-0.2, 0) is 6.42 Å². The van der Waals surface area contributed by atoms with Gasteiger partial charge in [0.15, 0.2) is 0 Å². The fourth-order valence-corrected chi connectivity index (χ4v) is 2.99. The number of rotatable bonds is 3. The molecule has 0 fully saturated rings. The summed E-state index contributed by atoms with van der Waals surface area (Å²) in [6, 6.07) is 11.5. The van der Waals surface area contributed by atoms with Gasteiger partial charge in [0, 0.05) is 17.7 Å². The zero-order chi connectivity index (χ0) is 18.3. The van der Waals surface area contributed by atoms with Gasteiger partial charge in [0.05, 0.1) is 11.4 Å². The first-order valence-electron chi connectivity index (χ1n) is 7.88. The van der Waals surface area contributed by atoms with Crippen LogP contribution in [0.25, 0.3) is 16.9 Å². The largest absolute Gasteiger partial charge is 0.573 e. The average Bonchev–Trinajstić information content (AvgIpc) is 3.18. The van der Waals surface area contributed by atoms with E-state index in [1.807, 2.05) is 0 Å². The molecule has 2 aromatic carbocycles. The predicted octanol–water partition coefficient (Wildman–Crippen LogP) is 4.55. The molecule has 3 aromatic rings. The maximum Gasteiger partial charge on any atom is 0.573 e. The quantitative estimate of drug-likeness (QED) is 0.694. The van der Waals surface area contributed by atoms with Crippen molar-refractivity contribution in [2.24, 2.45) is 0 Å². The zero-order valence-electron chi connectivity index (χ0n) is 13.3. The Labute approximate surface area is 146 Å². The third kappa shape index (κ3) is 3.10. The average molecular weight is 363 g/mol. The van der Waals surface area contributed by atoms with Crippen molar-refractivity contribution in [2.75, 3.05) is 11.9 Å². The highest BCUT2D eigenvalue weighted by Gasteiger charge is 2.31. The van der Waals surface area contributed by atoms with Crippen LogP contribution < -0.4 is 10.1 Å². The Morgan fingerprint density at radius 2 is 1.69 bits per heavy atom. The van der Waals surface area contributed by atoms with Crippen molar-refractivity contribution in [3.8, 4) is 22.7 Å². The predicted molar refractivity (Wildman–Crippen MR) is 87.8 cm³/mol. The van der Waals surface area contributed by atoms with Crippen LogP contribution in [0.15, 0.2) is 48.5 Å². The molecule has 0 atom stereocenters. The number of benzene rings is 2. The van der Waals surface area contributed by atoms with E-state index in [1.165, 1.54) is 36.4 Å². The van der Waals surface area contributed by atoms with E-state index in [0.717, 1.165) is 35.6 Å². The van der Waals surface area contributed by atoms with E-state index in [9.17, 15) is 17.6 Å². The van der Waals surface area contributed by atoms with Crippen molar-refractivity contribution in [3.63, 3.8) is 0 Å². The number of fused-ring (bicyclic) bond motifs is 1. The maximum absolute atomic E-state index is 13.2. The van der Waals surface area contributed by atoms with E-state index >= 15 is 0 Å². The van der Waals surface area contributed by atoms with E-state index in [0.29, 0.717) is 5.69 Å². The zero-order valence-corrected chi connectivity index (χ0v) is 13.3. The molecule has 0 aliphatic carbocycles. The summed E-state index contributed by atoms with van der Waals surface area (Å²) in [5, 5.41) is 7.81. The molecule has 4 nitrogen and oxygen atoms in total. The third-order valence-electron chi connectivity index (χ3n) is 4.08. The van der Waals surface area contributed by atoms with Gasteiger partial charge in [0.2, 0.25) is 0 Å². The number of aromatic nitrogens is 2. The lowest BCUT2D eigenvalue weighted by Gasteiger charge is -2.10. The van der Waals surface area contributed by atoms with Crippen molar-refractivity contribution in [3.05, 3.63) is 59.9 Å². The fourth-order valence-electron chi connectivity index (χ4n) is 2.99. The van der Waals surface area contributed by atoms with Crippen molar-refractivity contribution in [1.82, 2.24) is 9.78 Å². The lowest BCUT2D eigenvalue weighted by Crippen LogP contribution is -2.17. The number of ether oxygens (including phenoxy) is 1. The third-order valence-corrected chi connectivity index (χ3v) is 4.08. The Bertz CT molecular complexity index is 931. The molecule has 2 heterocycles. The Balaban J connectivity index is 1.71. The molecular formula is C18H13F4N3O. The van der Waals surface area contributed by atoms with Gasteiger partial charge in [0.1, 0.15) is 17.4 Å². The molecule has 1 aromatic heterocycles. The number of hydrogen-bond acceptors (Lipinski definition) is 3. The summed E-state index contributed by atoms with van der Waals surface area (Å²) in [5.74, 6) is 0.161. The van der Waals surface area contributed by atoms with Crippen LogP contribution in [0.3, 0.4) is 0 Å². The van der Waals surface area contributed by atoms with Gasteiger partial charge < -0.3 is 10.1 Å². The second kappa shape index (κ2) is 6.05. The SMILES string of the molecule is Fc1ccc(-c2nn(-c3ccc(OC(F)(F)F)cc3)c3c2CCN3)cc1. The van der Waals surface area contributed by atoms with Crippen molar-refractivity contribution in [1.29, 1.82) is 0 Å². The lowest BCUT2D eigenvalue weighted by molar-refractivity contribution is -0.274. The van der Waals surface area contributed by atoms with Gasteiger partial charge in [-0.3, -0.25) is 0 Å². The Morgan fingerprint density at radius 3 is 2.35 bits per heavy atom. The highest BCUT2D eigenvalue weighted by molar-refractivity contribution is 5.72. The first-order valence-corrected chi connectivity index (χ1v) is 7.88. The molecule has 0 saturated carbocycles. The summed E-state index contributed by atoms with van der Waals surface area (Å²) in [5.41, 5.74) is 3.09. The van der Waals surface area contributed by atoms with Gasteiger partial charge in [-0.1, -0.05) is 0 Å². The van der Waals surface area contributed by atoms with Crippen molar-refractivity contribution < 1.29 is 22.3 Å². The first-order chi connectivity index (χ1) is 12.4. The summed E-state index contributed by atoms with van der Waals surface area (Å²) in [6.07, 6.45) is -3.97. The van der Waals surface area contributed by atoms with E-state index < -0.39 is 6.36 Å². The van der Waals surface area contributed by atoms with Gasteiger partial charge in [0.25, 0.3) is 0 Å². The number of halogens is 4. The highest BCUT2D eigenvalue weighted by Crippen LogP contribution is 2.35. The van der Waals surface area contributed by atoms with E-state index in [2.05, 4.69) is 15.2 Å². The summed E-state index contributed by atoms with van der Waals surface area (Å²) in [4.78, 5) is 0. The van der Waals surface area contributed by atoms with Crippen molar-refractivity contribution in [2.45, 2.75) is 12.8 Å². The molecule has 0 bridgehead atoms. The van der Waals surface area contributed by atoms with Gasteiger partial charge in [-0.15, -0.1) is 13.2 Å². The normalized spacial score (nSPS) is 13.4. The molecule has 26 heavy (non-hydrogen) atoms. The van der Waals surface area contributed by atoms with Crippen LogP contribution in [0.2, 0.25) is 0 Å². The fraction of sp³-hybridized carbons (Fsp3) is 0.167. The van der Waals surface area contributed by atoms with E-state index in [-0.39, 0.29) is 11.6 Å². The minimum Gasteiger partial charge on any atom is -0.406 e. The number of anilines is 1. The molecule has 1 N–H and O–H groups in total. The summed E-state index contributed by atoms with van der Waals surface area (Å²) >= 11 is 0. The Kier molecular flexibility index (Phi) is 3.82. The number of nitrogens with zero attached hydrogens (tertiary/aromatic N) is 2. The molecule has 0 amide bonds. The van der Waals surface area contributed by atoms with Crippen LogP contribution in [0.4, 0.5) is 23.4 Å². The molecule has 0 saturated heterocycles. The summed E-state index contributed by atoms with van der Waals surface area (Å²) < 4.78 is 55.6. The molecule has 4 rings (SSSR count). The molecule has 0 unspecified atom stereocenters. The lowest BCUT2D eigenvalue weighted by atomic mass is 10.1. The van der Waals surface area contributed by atoms with Crippen LogP contribution in [-0.4, -0.2) is 22.7 Å². The second-order valence-electron chi connectivity index (χ2n) is 5.81. The molecule has 1 aliphatic rings. The van der Waals surface area contributed by atoms with Crippen LogP contribution >= 0.6 is 0 Å². The second-order valence-corrected chi connectivity index (χ2v) is 5.81. The molecular weight excluding hydrogens is 350 g/mol. The molecule has 8 heteroatoms. The van der Waals surface area contributed by atoms with Gasteiger partial charge in [-0.05, 0) is 55.0 Å². The van der Waals surface area contributed by atoms with Crippen molar-refractivity contribution >= 4 is 5.82 Å². The van der Waals surface area contributed by atoms with Gasteiger partial charge in [-0.25, -0.2) is 9.07 Å². The molecule has 0 radical (unpaired) electrons. The topological polar surface area (TPSA) is 39.1 Å². The molecule has 134 valence electrons. The molecule has 1 aliphatic heterocycles. The minimum absolute atomic E-state index is 0.295. The Morgan fingerprint density at radius 1 is 1.00 bits per heavy atom. The van der Waals surface area contributed by atoms with E-state index in [4.69, 9.17) is 0 Å². The standard InChI is InChI=1S/C18H13F4N3O/c19-12-3-1-11(2-4-12)16-15-9-10-23-17(15)25(24-16)13-5-7-14(8-6-13)26-18(20,21)22/h1-8,23H,9-10H2. The first kappa shape index (κ1) is 16.4.